The van der Waals surface area contributed by atoms with Gasteiger partial charge in [-0.05, 0) is 61.0 Å². The van der Waals surface area contributed by atoms with Crippen LogP contribution in [0.4, 0.5) is 5.13 Å². The molecule has 6 nitrogen and oxygen atoms in total. The zero-order valence-electron chi connectivity index (χ0n) is 18.0. The maximum atomic E-state index is 12.5. The molecule has 0 saturated carbocycles. The smallest absolute Gasteiger partial charge is 0.236 e. The molecule has 0 atom stereocenters. The molecule has 1 amide bonds. The van der Waals surface area contributed by atoms with Crippen molar-refractivity contribution in [2.24, 2.45) is 0 Å². The van der Waals surface area contributed by atoms with Crippen LogP contribution in [0.2, 0.25) is 0 Å². The molecule has 4 rings (SSSR count). The fourth-order valence-electron chi connectivity index (χ4n) is 3.23. The predicted octanol–water partition coefficient (Wildman–Crippen LogP) is 5.29. The number of anilines is 1. The summed E-state index contributed by atoms with van der Waals surface area (Å²) >= 11 is 2.84. The monoisotopic (exact) mass is 439 g/mol. The van der Waals surface area contributed by atoms with E-state index in [2.05, 4.69) is 77.7 Å². The number of hydrogen-bond donors (Lipinski definition) is 1. The van der Waals surface area contributed by atoms with Crippen molar-refractivity contribution >= 4 is 50.7 Å². The van der Waals surface area contributed by atoms with Crippen molar-refractivity contribution in [2.75, 3.05) is 11.1 Å². The molecule has 1 N–H and O–H groups in total. The summed E-state index contributed by atoms with van der Waals surface area (Å²) in [5.41, 5.74) is 6.35. The molecule has 0 radical (unpaired) electrons. The van der Waals surface area contributed by atoms with E-state index >= 15 is 0 Å². The molecule has 30 heavy (non-hydrogen) atoms. The SMILES string of the molecule is Cc1cc2cc(C)c3nnc(SCC(=O)Nc4nc(C(C)(C)C)cs4)n3c2cc1C. The number of pyridine rings is 1. The summed E-state index contributed by atoms with van der Waals surface area (Å²) in [6.45, 7) is 12.6. The summed E-state index contributed by atoms with van der Waals surface area (Å²) in [6.07, 6.45) is 0. The Bertz CT molecular complexity index is 1270. The molecular weight excluding hydrogens is 414 g/mol. The molecule has 3 heterocycles. The molecule has 1 aromatic carbocycles. The molecule has 0 fully saturated rings. The minimum atomic E-state index is -0.101. The van der Waals surface area contributed by atoms with E-state index in [0.717, 1.165) is 27.8 Å². The maximum Gasteiger partial charge on any atom is 0.236 e. The highest BCUT2D eigenvalue weighted by molar-refractivity contribution is 7.99. The van der Waals surface area contributed by atoms with Gasteiger partial charge in [0.1, 0.15) is 0 Å². The molecule has 3 aromatic heterocycles. The van der Waals surface area contributed by atoms with Crippen molar-refractivity contribution in [1.29, 1.82) is 0 Å². The Labute approximate surface area is 184 Å². The quantitative estimate of drug-likeness (QED) is 0.437. The fourth-order valence-corrected chi connectivity index (χ4v) is 4.93. The molecule has 8 heteroatoms. The molecule has 0 aliphatic heterocycles. The third-order valence-corrected chi connectivity index (χ3v) is 6.78. The number of nitrogens with one attached hydrogen (secondary N) is 1. The van der Waals surface area contributed by atoms with Crippen LogP contribution in [-0.2, 0) is 10.2 Å². The van der Waals surface area contributed by atoms with Crippen molar-refractivity contribution in [2.45, 2.75) is 52.1 Å². The van der Waals surface area contributed by atoms with Gasteiger partial charge in [-0.3, -0.25) is 9.20 Å². The second kappa shape index (κ2) is 7.67. The van der Waals surface area contributed by atoms with Crippen LogP contribution in [0.1, 0.15) is 43.2 Å². The van der Waals surface area contributed by atoms with Crippen LogP contribution in [0.5, 0.6) is 0 Å². The molecule has 4 aromatic rings. The summed E-state index contributed by atoms with van der Waals surface area (Å²) in [5.74, 6) is 0.140. The van der Waals surface area contributed by atoms with Crippen LogP contribution < -0.4 is 5.32 Å². The van der Waals surface area contributed by atoms with Crippen LogP contribution >= 0.6 is 23.1 Å². The van der Waals surface area contributed by atoms with E-state index in [1.54, 1.807) is 0 Å². The summed E-state index contributed by atoms with van der Waals surface area (Å²) < 4.78 is 2.05. The number of thiazole rings is 1. The van der Waals surface area contributed by atoms with Gasteiger partial charge in [0.25, 0.3) is 0 Å². The van der Waals surface area contributed by atoms with Gasteiger partial charge in [-0.25, -0.2) is 4.98 Å². The Morgan fingerprint density at radius 2 is 1.80 bits per heavy atom. The molecule has 0 aliphatic carbocycles. The first-order valence-corrected chi connectivity index (χ1v) is 11.6. The third kappa shape index (κ3) is 3.94. The van der Waals surface area contributed by atoms with Crippen molar-refractivity contribution in [3.05, 3.63) is 46.0 Å². The van der Waals surface area contributed by atoms with Crippen LogP contribution in [0.15, 0.2) is 28.7 Å². The first-order chi connectivity index (χ1) is 14.1. The summed E-state index contributed by atoms with van der Waals surface area (Å²) in [5, 5.41) is 16.1. The van der Waals surface area contributed by atoms with Crippen LogP contribution in [0.3, 0.4) is 0 Å². The van der Waals surface area contributed by atoms with Crippen molar-refractivity contribution in [3.63, 3.8) is 0 Å². The lowest BCUT2D eigenvalue weighted by molar-refractivity contribution is -0.113. The molecule has 0 bridgehead atoms. The Morgan fingerprint density at radius 1 is 1.10 bits per heavy atom. The van der Waals surface area contributed by atoms with Crippen LogP contribution in [-0.4, -0.2) is 31.2 Å². The number of fused-ring (bicyclic) bond motifs is 3. The van der Waals surface area contributed by atoms with Crippen LogP contribution in [0, 0.1) is 20.8 Å². The van der Waals surface area contributed by atoms with Gasteiger partial charge < -0.3 is 5.32 Å². The van der Waals surface area contributed by atoms with Gasteiger partial charge in [-0.15, -0.1) is 21.5 Å². The van der Waals surface area contributed by atoms with Crippen molar-refractivity contribution < 1.29 is 4.79 Å². The number of aryl methyl sites for hydroxylation is 3. The zero-order valence-corrected chi connectivity index (χ0v) is 19.7. The Morgan fingerprint density at radius 3 is 2.50 bits per heavy atom. The number of aromatic nitrogens is 4. The number of nitrogens with zero attached hydrogens (tertiary/aromatic N) is 4. The van der Waals surface area contributed by atoms with Gasteiger partial charge >= 0.3 is 0 Å². The Kier molecular flexibility index (Phi) is 5.32. The second-order valence-corrected chi connectivity index (χ2v) is 10.4. The van der Waals surface area contributed by atoms with Gasteiger partial charge in [0.15, 0.2) is 15.9 Å². The Hall–Kier alpha value is -2.45. The highest BCUT2D eigenvalue weighted by atomic mass is 32.2. The van der Waals surface area contributed by atoms with Gasteiger partial charge in [-0.2, -0.15) is 0 Å². The lowest BCUT2D eigenvalue weighted by Crippen LogP contribution is -2.15. The van der Waals surface area contributed by atoms with Gasteiger partial charge in [0.05, 0.1) is 17.0 Å². The van der Waals surface area contributed by atoms with E-state index in [0.29, 0.717) is 10.3 Å². The van der Waals surface area contributed by atoms with E-state index in [1.807, 2.05) is 12.3 Å². The third-order valence-electron chi connectivity index (χ3n) is 5.09. The minimum absolute atomic E-state index is 0.0376. The van der Waals surface area contributed by atoms with Crippen molar-refractivity contribution in [1.82, 2.24) is 19.6 Å². The second-order valence-electron chi connectivity index (χ2n) is 8.59. The largest absolute Gasteiger partial charge is 0.301 e. The highest BCUT2D eigenvalue weighted by Crippen LogP contribution is 2.29. The highest BCUT2D eigenvalue weighted by Gasteiger charge is 2.19. The molecule has 156 valence electrons. The number of carbonyl (C=O) groups excluding carboxylic acids is 1. The summed E-state index contributed by atoms with van der Waals surface area (Å²) in [7, 11) is 0. The van der Waals surface area contributed by atoms with Crippen molar-refractivity contribution in [3.8, 4) is 0 Å². The number of carbonyl (C=O) groups is 1. The standard InChI is InChI=1S/C22H25N5OS2/c1-12-7-15-8-14(3)19-25-26-21(27(19)16(15)9-13(12)2)30-11-18(28)24-20-23-17(10-29-20)22(4,5)6/h7-10H,11H2,1-6H3,(H,23,24,28). The van der Waals surface area contributed by atoms with Gasteiger partial charge in [0, 0.05) is 10.8 Å². The first kappa shape index (κ1) is 20.8. The predicted molar refractivity (Wildman–Crippen MR) is 125 cm³/mol. The Balaban J connectivity index is 1.57. The average molecular weight is 440 g/mol. The van der Waals surface area contributed by atoms with E-state index in [-0.39, 0.29) is 17.1 Å². The summed E-state index contributed by atoms with van der Waals surface area (Å²) in [4.78, 5) is 17.0. The topological polar surface area (TPSA) is 72.2 Å². The normalized spacial score (nSPS) is 12.1. The van der Waals surface area contributed by atoms with Crippen LogP contribution in [0.25, 0.3) is 16.6 Å². The number of thioether (sulfide) groups is 1. The number of benzene rings is 1. The zero-order chi connectivity index (χ0) is 21.6. The fraction of sp³-hybridized carbons (Fsp3) is 0.364. The number of rotatable bonds is 4. The molecular formula is C22H25N5OS2. The van der Waals surface area contributed by atoms with Gasteiger partial charge in [0.2, 0.25) is 5.91 Å². The molecule has 0 aliphatic rings. The number of hydrogen-bond acceptors (Lipinski definition) is 6. The minimum Gasteiger partial charge on any atom is -0.301 e. The lowest BCUT2D eigenvalue weighted by Gasteiger charge is -2.14. The van der Waals surface area contributed by atoms with Gasteiger partial charge in [-0.1, -0.05) is 32.5 Å². The molecule has 0 spiro atoms. The first-order valence-electron chi connectivity index (χ1n) is 9.78. The molecule has 0 saturated heterocycles. The maximum absolute atomic E-state index is 12.5. The summed E-state index contributed by atoms with van der Waals surface area (Å²) in [6, 6.07) is 6.49. The van der Waals surface area contributed by atoms with E-state index in [4.69, 9.17) is 0 Å². The lowest BCUT2D eigenvalue weighted by atomic mass is 9.93. The average Bonchev–Trinajstić information content (AvgIpc) is 3.29. The van der Waals surface area contributed by atoms with E-state index < -0.39 is 0 Å². The molecule has 0 unspecified atom stereocenters. The van der Waals surface area contributed by atoms with E-state index in [1.165, 1.54) is 34.2 Å². The van der Waals surface area contributed by atoms with E-state index in [9.17, 15) is 4.79 Å². The number of amides is 1.